The Kier molecular flexibility index (Phi) is 2.29. The molecule has 13 heavy (non-hydrogen) atoms. The molecule has 0 radical (unpaired) electrons. The van der Waals surface area contributed by atoms with E-state index in [2.05, 4.69) is 22.0 Å². The van der Waals surface area contributed by atoms with E-state index in [1.807, 2.05) is 11.4 Å². The lowest BCUT2D eigenvalue weighted by atomic mass is 10.1. The van der Waals surface area contributed by atoms with Gasteiger partial charge < -0.3 is 0 Å². The van der Waals surface area contributed by atoms with E-state index in [0.29, 0.717) is 10.6 Å². The summed E-state index contributed by atoms with van der Waals surface area (Å²) >= 11 is 10.9. The summed E-state index contributed by atoms with van der Waals surface area (Å²) in [5.41, 5.74) is 0.629. The van der Waals surface area contributed by atoms with Crippen LogP contribution < -0.4 is 0 Å². The quantitative estimate of drug-likeness (QED) is 0.705. The molecule has 0 saturated carbocycles. The van der Waals surface area contributed by atoms with E-state index in [9.17, 15) is 0 Å². The highest BCUT2D eigenvalue weighted by molar-refractivity contribution is 9.10. The van der Waals surface area contributed by atoms with Crippen molar-refractivity contribution < 1.29 is 0 Å². The number of hydrogen-bond acceptors (Lipinski definition) is 2. The fourth-order valence-electron chi connectivity index (χ4n) is 1.17. The summed E-state index contributed by atoms with van der Waals surface area (Å²) in [6, 6.07) is 5.76. The number of halogens is 2. The SMILES string of the molecule is N#Cc1ccc(Br)c2scc(Cl)c12. The number of benzene rings is 1. The summed E-state index contributed by atoms with van der Waals surface area (Å²) in [6.45, 7) is 0. The number of rotatable bonds is 0. The fourth-order valence-corrected chi connectivity index (χ4v) is 3.03. The van der Waals surface area contributed by atoms with Crippen LogP contribution in [-0.4, -0.2) is 0 Å². The molecule has 0 aliphatic rings. The van der Waals surface area contributed by atoms with E-state index in [0.717, 1.165) is 14.6 Å². The van der Waals surface area contributed by atoms with Crippen LogP contribution in [-0.2, 0) is 0 Å². The van der Waals surface area contributed by atoms with Gasteiger partial charge in [0.1, 0.15) is 0 Å². The molecule has 0 aliphatic heterocycles. The predicted molar refractivity (Wildman–Crippen MR) is 59.3 cm³/mol. The molecular weight excluding hydrogens is 270 g/mol. The molecule has 64 valence electrons. The van der Waals surface area contributed by atoms with Crippen molar-refractivity contribution in [3.8, 4) is 6.07 Å². The molecule has 0 amide bonds. The smallest absolute Gasteiger partial charge is 0.0999 e. The molecule has 0 saturated heterocycles. The van der Waals surface area contributed by atoms with Gasteiger partial charge in [0.05, 0.1) is 21.4 Å². The van der Waals surface area contributed by atoms with Crippen LogP contribution in [0.5, 0.6) is 0 Å². The van der Waals surface area contributed by atoms with Crippen molar-refractivity contribution in [1.29, 1.82) is 5.26 Å². The minimum Gasteiger partial charge on any atom is -0.192 e. The van der Waals surface area contributed by atoms with E-state index >= 15 is 0 Å². The minimum atomic E-state index is 0.629. The maximum Gasteiger partial charge on any atom is 0.0999 e. The highest BCUT2D eigenvalue weighted by Crippen LogP contribution is 2.37. The van der Waals surface area contributed by atoms with Gasteiger partial charge in [0, 0.05) is 15.2 Å². The van der Waals surface area contributed by atoms with Crippen LogP contribution >= 0.6 is 38.9 Å². The molecule has 0 spiro atoms. The third-order valence-electron chi connectivity index (χ3n) is 1.75. The summed E-state index contributed by atoms with van der Waals surface area (Å²) in [5, 5.41) is 12.2. The van der Waals surface area contributed by atoms with Crippen molar-refractivity contribution in [2.75, 3.05) is 0 Å². The monoisotopic (exact) mass is 271 g/mol. The number of hydrogen-bond donors (Lipinski definition) is 0. The molecule has 2 rings (SSSR count). The van der Waals surface area contributed by atoms with Crippen LogP contribution in [0.2, 0.25) is 5.02 Å². The van der Waals surface area contributed by atoms with E-state index in [-0.39, 0.29) is 0 Å². The molecule has 1 aromatic carbocycles. The van der Waals surface area contributed by atoms with Gasteiger partial charge in [0.15, 0.2) is 0 Å². The van der Waals surface area contributed by atoms with Gasteiger partial charge in [-0.05, 0) is 28.1 Å². The minimum absolute atomic E-state index is 0.629. The van der Waals surface area contributed by atoms with E-state index in [4.69, 9.17) is 16.9 Å². The maximum atomic E-state index is 8.85. The Bertz CT molecular complexity index is 512. The van der Waals surface area contributed by atoms with Crippen LogP contribution in [0.3, 0.4) is 0 Å². The molecule has 1 nitrogen and oxygen atoms in total. The first-order valence-corrected chi connectivity index (χ1v) is 5.54. The zero-order valence-electron chi connectivity index (χ0n) is 6.34. The third-order valence-corrected chi connectivity index (χ3v) is 4.11. The summed E-state index contributed by atoms with van der Waals surface area (Å²) in [4.78, 5) is 0. The van der Waals surface area contributed by atoms with Gasteiger partial charge in [-0.2, -0.15) is 5.26 Å². The van der Waals surface area contributed by atoms with Crippen molar-refractivity contribution in [2.24, 2.45) is 0 Å². The Morgan fingerprint density at radius 1 is 1.46 bits per heavy atom. The Morgan fingerprint density at radius 3 is 2.92 bits per heavy atom. The Labute approximate surface area is 92.7 Å². The Morgan fingerprint density at radius 2 is 2.23 bits per heavy atom. The van der Waals surface area contributed by atoms with Gasteiger partial charge in [-0.3, -0.25) is 0 Å². The van der Waals surface area contributed by atoms with Crippen LogP contribution in [0.1, 0.15) is 5.56 Å². The van der Waals surface area contributed by atoms with Crippen LogP contribution in [0.15, 0.2) is 22.0 Å². The van der Waals surface area contributed by atoms with Gasteiger partial charge in [-0.1, -0.05) is 11.6 Å². The first-order valence-electron chi connectivity index (χ1n) is 3.49. The summed E-state index contributed by atoms with van der Waals surface area (Å²) in [5.74, 6) is 0. The molecule has 0 atom stereocenters. The molecule has 0 N–H and O–H groups in total. The maximum absolute atomic E-state index is 8.85. The van der Waals surface area contributed by atoms with Crippen LogP contribution in [0.25, 0.3) is 10.1 Å². The number of thiophene rings is 1. The van der Waals surface area contributed by atoms with Crippen molar-refractivity contribution >= 4 is 49.0 Å². The van der Waals surface area contributed by atoms with Crippen LogP contribution in [0.4, 0.5) is 0 Å². The number of nitriles is 1. The van der Waals surface area contributed by atoms with Crippen LogP contribution in [0, 0.1) is 11.3 Å². The molecule has 0 fully saturated rings. The lowest BCUT2D eigenvalue weighted by Crippen LogP contribution is -1.76. The molecule has 0 unspecified atom stereocenters. The fraction of sp³-hybridized carbons (Fsp3) is 0. The summed E-state index contributed by atoms with van der Waals surface area (Å²) < 4.78 is 2.02. The van der Waals surface area contributed by atoms with Gasteiger partial charge in [0.2, 0.25) is 0 Å². The average Bonchev–Trinajstić information content (AvgIpc) is 2.51. The van der Waals surface area contributed by atoms with E-state index < -0.39 is 0 Å². The largest absolute Gasteiger partial charge is 0.192 e. The first kappa shape index (κ1) is 9.01. The molecule has 1 aromatic heterocycles. The lowest BCUT2D eigenvalue weighted by molar-refractivity contribution is 1.50. The summed E-state index contributed by atoms with van der Waals surface area (Å²) in [6.07, 6.45) is 0. The topological polar surface area (TPSA) is 23.8 Å². The van der Waals surface area contributed by atoms with Gasteiger partial charge >= 0.3 is 0 Å². The first-order chi connectivity index (χ1) is 6.24. The Hall–Kier alpha value is -0.560. The van der Waals surface area contributed by atoms with E-state index in [1.165, 1.54) is 0 Å². The Balaban J connectivity index is 2.99. The highest BCUT2D eigenvalue weighted by atomic mass is 79.9. The third kappa shape index (κ3) is 1.35. The zero-order valence-corrected chi connectivity index (χ0v) is 9.50. The predicted octanol–water partition coefficient (Wildman–Crippen LogP) is 4.19. The second-order valence-electron chi connectivity index (χ2n) is 2.49. The highest BCUT2D eigenvalue weighted by Gasteiger charge is 2.09. The van der Waals surface area contributed by atoms with E-state index in [1.54, 1.807) is 17.4 Å². The molecule has 0 aliphatic carbocycles. The standard InChI is InChI=1S/C9H3BrClNS/c10-6-2-1-5(3-12)8-7(11)4-13-9(6)8/h1-2,4H. The lowest BCUT2D eigenvalue weighted by Gasteiger charge is -1.96. The number of nitrogens with zero attached hydrogens (tertiary/aromatic N) is 1. The molecule has 0 bridgehead atoms. The second-order valence-corrected chi connectivity index (χ2v) is 4.64. The average molecular weight is 273 g/mol. The summed E-state index contributed by atoms with van der Waals surface area (Å²) in [7, 11) is 0. The number of fused-ring (bicyclic) bond motifs is 1. The normalized spacial score (nSPS) is 10.2. The molecule has 4 heteroatoms. The van der Waals surface area contributed by atoms with Gasteiger partial charge in [0.25, 0.3) is 0 Å². The van der Waals surface area contributed by atoms with Gasteiger partial charge in [-0.15, -0.1) is 11.3 Å². The molecular formula is C9H3BrClNS. The molecule has 1 heterocycles. The van der Waals surface area contributed by atoms with Gasteiger partial charge in [-0.25, -0.2) is 0 Å². The van der Waals surface area contributed by atoms with Crippen molar-refractivity contribution in [1.82, 2.24) is 0 Å². The van der Waals surface area contributed by atoms with Crippen molar-refractivity contribution in [2.45, 2.75) is 0 Å². The zero-order chi connectivity index (χ0) is 9.42. The van der Waals surface area contributed by atoms with Crippen molar-refractivity contribution in [3.63, 3.8) is 0 Å². The second kappa shape index (κ2) is 3.30. The van der Waals surface area contributed by atoms with Crippen molar-refractivity contribution in [3.05, 3.63) is 32.6 Å². The molecule has 2 aromatic rings.